The fourth-order valence-corrected chi connectivity index (χ4v) is 2.09. The monoisotopic (exact) mass is 334 g/mol. The number of hydrogen-bond donors (Lipinski definition) is 1. The van der Waals surface area contributed by atoms with E-state index in [1.165, 1.54) is 0 Å². The highest BCUT2D eigenvalue weighted by Gasteiger charge is 2.21. The van der Waals surface area contributed by atoms with E-state index in [1.807, 2.05) is 39.0 Å². The molecule has 1 rings (SSSR count). The first-order valence-corrected chi connectivity index (χ1v) is 8.08. The number of carbonyl (C=O) groups excluding carboxylic acids is 2. The normalized spacial score (nSPS) is 12.5. The van der Waals surface area contributed by atoms with E-state index in [-0.39, 0.29) is 18.5 Å². The summed E-state index contributed by atoms with van der Waals surface area (Å²) >= 11 is 0. The second-order valence-electron chi connectivity index (χ2n) is 5.54. The van der Waals surface area contributed by atoms with E-state index in [2.05, 4.69) is 10.5 Å². The van der Waals surface area contributed by atoms with Gasteiger partial charge in [0.2, 0.25) is 0 Å². The van der Waals surface area contributed by atoms with E-state index in [0.29, 0.717) is 24.5 Å². The molecule has 1 aromatic rings. The minimum atomic E-state index is -0.453. The Morgan fingerprint density at radius 1 is 1.21 bits per heavy atom. The number of nitrogens with zero attached hydrogens (tertiary/aromatic N) is 1. The number of amides is 1. The molecule has 0 saturated heterocycles. The van der Waals surface area contributed by atoms with Crippen molar-refractivity contribution in [2.45, 2.75) is 41.0 Å². The van der Waals surface area contributed by atoms with Crippen LogP contribution in [0.4, 0.5) is 0 Å². The van der Waals surface area contributed by atoms with Gasteiger partial charge in [-0.15, -0.1) is 0 Å². The van der Waals surface area contributed by atoms with Gasteiger partial charge in [0, 0.05) is 5.71 Å². The number of nitrogens with one attached hydrogen (secondary N) is 1. The van der Waals surface area contributed by atoms with Gasteiger partial charge in [-0.1, -0.05) is 13.0 Å². The van der Waals surface area contributed by atoms with Crippen LogP contribution in [0.1, 0.15) is 38.3 Å². The van der Waals surface area contributed by atoms with Gasteiger partial charge in [0.25, 0.3) is 5.91 Å². The van der Waals surface area contributed by atoms with Gasteiger partial charge in [0.05, 0.1) is 12.5 Å². The van der Waals surface area contributed by atoms with Crippen molar-refractivity contribution < 1.29 is 19.1 Å². The summed E-state index contributed by atoms with van der Waals surface area (Å²) in [5, 5.41) is 3.98. The van der Waals surface area contributed by atoms with Crippen LogP contribution in [0.2, 0.25) is 0 Å². The Bertz CT molecular complexity index is 611. The number of esters is 1. The lowest BCUT2D eigenvalue weighted by molar-refractivity contribution is -0.145. The van der Waals surface area contributed by atoms with E-state index >= 15 is 0 Å². The third-order valence-corrected chi connectivity index (χ3v) is 3.69. The summed E-state index contributed by atoms with van der Waals surface area (Å²) in [5.41, 5.74) is 5.18. The smallest absolute Gasteiger partial charge is 0.314 e. The van der Waals surface area contributed by atoms with Crippen LogP contribution < -0.4 is 10.2 Å². The Morgan fingerprint density at radius 2 is 1.92 bits per heavy atom. The van der Waals surface area contributed by atoms with E-state index in [4.69, 9.17) is 9.47 Å². The quantitative estimate of drug-likeness (QED) is 0.450. The molecule has 0 bridgehead atoms. The molecule has 1 atom stereocenters. The molecule has 0 aromatic heterocycles. The summed E-state index contributed by atoms with van der Waals surface area (Å²) < 4.78 is 10.4. The molecule has 132 valence electrons. The minimum absolute atomic E-state index is 0.143. The van der Waals surface area contributed by atoms with Gasteiger partial charge in [0.1, 0.15) is 5.75 Å². The number of rotatable bonds is 8. The highest BCUT2D eigenvalue weighted by atomic mass is 16.5. The molecular formula is C18H26N2O4. The fourth-order valence-electron chi connectivity index (χ4n) is 2.09. The molecule has 0 fully saturated rings. The third kappa shape index (κ3) is 6.02. The fraction of sp³-hybridized carbons (Fsp3) is 0.500. The summed E-state index contributed by atoms with van der Waals surface area (Å²) in [6.07, 6.45) is 0.559. The van der Waals surface area contributed by atoms with Crippen LogP contribution in [-0.2, 0) is 14.3 Å². The van der Waals surface area contributed by atoms with Crippen molar-refractivity contribution in [3.63, 3.8) is 0 Å². The maximum absolute atomic E-state index is 11.8. The summed E-state index contributed by atoms with van der Waals surface area (Å²) in [6.45, 7) is 9.48. The minimum Gasteiger partial charge on any atom is -0.484 e. The van der Waals surface area contributed by atoms with Crippen molar-refractivity contribution in [3.05, 3.63) is 29.3 Å². The van der Waals surface area contributed by atoms with Crippen LogP contribution in [-0.4, -0.2) is 30.8 Å². The van der Waals surface area contributed by atoms with E-state index in [1.54, 1.807) is 13.8 Å². The van der Waals surface area contributed by atoms with E-state index in [0.717, 1.165) is 11.1 Å². The van der Waals surface area contributed by atoms with Gasteiger partial charge < -0.3 is 9.47 Å². The summed E-state index contributed by atoms with van der Waals surface area (Å²) in [6, 6.07) is 5.64. The molecule has 6 heteroatoms. The average Bonchev–Trinajstić information content (AvgIpc) is 2.55. The van der Waals surface area contributed by atoms with Gasteiger partial charge >= 0.3 is 5.97 Å². The maximum atomic E-state index is 11.8. The van der Waals surface area contributed by atoms with Gasteiger partial charge in [-0.25, -0.2) is 5.43 Å². The SMILES string of the molecule is CCOC(=O)[C@H](CC)/C(C)=N/NC(=O)COc1ccc(C)c(C)c1. The Labute approximate surface area is 143 Å². The van der Waals surface area contributed by atoms with Crippen molar-refractivity contribution >= 4 is 17.6 Å². The standard InChI is InChI=1S/C18H26N2O4/c1-6-16(18(22)23-7-2)14(5)19-20-17(21)11-24-15-9-8-12(3)13(4)10-15/h8-10,16H,6-7,11H2,1-5H3,(H,20,21)/b19-14+/t16-/m1/s1. The number of aryl methyl sites for hydroxylation is 2. The Balaban J connectivity index is 2.54. The predicted molar refractivity (Wildman–Crippen MR) is 93.1 cm³/mol. The Hall–Kier alpha value is -2.37. The van der Waals surface area contributed by atoms with Gasteiger partial charge in [-0.05, 0) is 57.4 Å². The lowest BCUT2D eigenvalue weighted by Gasteiger charge is -2.13. The van der Waals surface area contributed by atoms with Crippen LogP contribution >= 0.6 is 0 Å². The van der Waals surface area contributed by atoms with Crippen LogP contribution in [0.5, 0.6) is 5.75 Å². The average molecular weight is 334 g/mol. The molecular weight excluding hydrogens is 308 g/mol. The Kier molecular flexibility index (Phi) is 7.95. The molecule has 1 amide bonds. The lowest BCUT2D eigenvalue weighted by atomic mass is 10.0. The van der Waals surface area contributed by atoms with Crippen LogP contribution in [0.15, 0.2) is 23.3 Å². The number of hydrazone groups is 1. The zero-order valence-electron chi connectivity index (χ0n) is 15.0. The second kappa shape index (κ2) is 9.70. The van der Waals surface area contributed by atoms with Crippen molar-refractivity contribution in [1.82, 2.24) is 5.43 Å². The summed E-state index contributed by atoms with van der Waals surface area (Å²) in [5.74, 6) is -0.536. The zero-order valence-corrected chi connectivity index (χ0v) is 15.0. The molecule has 1 aromatic carbocycles. The molecule has 1 N–H and O–H groups in total. The first-order valence-electron chi connectivity index (χ1n) is 8.08. The molecule has 0 unspecified atom stereocenters. The van der Waals surface area contributed by atoms with Gasteiger partial charge in [0.15, 0.2) is 6.61 Å². The van der Waals surface area contributed by atoms with Gasteiger partial charge in [-0.3, -0.25) is 9.59 Å². The van der Waals surface area contributed by atoms with Crippen LogP contribution in [0.25, 0.3) is 0 Å². The van der Waals surface area contributed by atoms with E-state index in [9.17, 15) is 9.59 Å². The van der Waals surface area contributed by atoms with Crippen LogP contribution in [0, 0.1) is 19.8 Å². The zero-order chi connectivity index (χ0) is 18.1. The first kappa shape index (κ1) is 19.7. The van der Waals surface area contributed by atoms with Crippen molar-refractivity contribution in [2.75, 3.05) is 13.2 Å². The Morgan fingerprint density at radius 3 is 2.50 bits per heavy atom. The van der Waals surface area contributed by atoms with Crippen molar-refractivity contribution in [1.29, 1.82) is 0 Å². The first-order chi connectivity index (χ1) is 11.4. The maximum Gasteiger partial charge on any atom is 0.314 e. The van der Waals surface area contributed by atoms with E-state index < -0.39 is 5.92 Å². The number of hydrogen-bond acceptors (Lipinski definition) is 5. The molecule has 0 heterocycles. The van der Waals surface area contributed by atoms with Crippen molar-refractivity contribution in [2.24, 2.45) is 11.0 Å². The molecule has 0 spiro atoms. The molecule has 0 radical (unpaired) electrons. The molecule has 0 aliphatic rings. The lowest BCUT2D eigenvalue weighted by Crippen LogP contribution is -2.29. The van der Waals surface area contributed by atoms with Gasteiger partial charge in [-0.2, -0.15) is 5.10 Å². The number of carbonyl (C=O) groups is 2. The van der Waals surface area contributed by atoms with Crippen molar-refractivity contribution in [3.8, 4) is 5.75 Å². The van der Waals surface area contributed by atoms with Crippen LogP contribution in [0.3, 0.4) is 0 Å². The highest BCUT2D eigenvalue weighted by molar-refractivity contribution is 6.01. The molecule has 0 aliphatic heterocycles. The largest absolute Gasteiger partial charge is 0.484 e. The predicted octanol–water partition coefficient (Wildman–Crippen LogP) is 2.76. The number of ether oxygens (including phenoxy) is 2. The molecule has 6 nitrogen and oxygen atoms in total. The molecule has 0 saturated carbocycles. The molecule has 24 heavy (non-hydrogen) atoms. The highest BCUT2D eigenvalue weighted by Crippen LogP contribution is 2.16. The summed E-state index contributed by atoms with van der Waals surface area (Å²) in [7, 11) is 0. The molecule has 0 aliphatic carbocycles. The second-order valence-corrected chi connectivity index (χ2v) is 5.54. The number of benzene rings is 1. The third-order valence-electron chi connectivity index (χ3n) is 3.69. The summed E-state index contributed by atoms with van der Waals surface area (Å²) in [4.78, 5) is 23.6. The topological polar surface area (TPSA) is 77.0 Å².